The van der Waals surface area contributed by atoms with Crippen molar-refractivity contribution in [2.45, 2.75) is 51.6 Å². The Morgan fingerprint density at radius 3 is 2.57 bits per heavy atom. The van der Waals surface area contributed by atoms with E-state index in [1.807, 2.05) is 20.8 Å². The van der Waals surface area contributed by atoms with Crippen molar-refractivity contribution in [3.63, 3.8) is 0 Å². The summed E-state index contributed by atoms with van der Waals surface area (Å²) in [5.41, 5.74) is 0.908. The average molecular weight is 340 g/mol. The monoisotopic (exact) mass is 339 g/mol. The van der Waals surface area contributed by atoms with Crippen molar-refractivity contribution in [2.75, 3.05) is 11.9 Å². The molecule has 1 unspecified atom stereocenters. The molecular formula is C17H26ClN3O2. The lowest BCUT2D eigenvalue weighted by atomic mass is 10.0. The molecule has 0 aromatic heterocycles. The van der Waals surface area contributed by atoms with Crippen molar-refractivity contribution >= 4 is 29.9 Å². The predicted molar refractivity (Wildman–Crippen MR) is 95.2 cm³/mol. The third-order valence-corrected chi connectivity index (χ3v) is 3.51. The van der Waals surface area contributed by atoms with Crippen LogP contribution < -0.4 is 16.0 Å². The van der Waals surface area contributed by atoms with Crippen molar-refractivity contribution in [3.8, 4) is 0 Å². The summed E-state index contributed by atoms with van der Waals surface area (Å²) in [6.45, 7) is 6.69. The molecule has 1 aliphatic heterocycles. The van der Waals surface area contributed by atoms with Crippen LogP contribution in [-0.2, 0) is 4.79 Å². The Morgan fingerprint density at radius 1 is 1.22 bits per heavy atom. The van der Waals surface area contributed by atoms with Crippen LogP contribution in [0.1, 0.15) is 50.4 Å². The molecular weight excluding hydrogens is 314 g/mol. The summed E-state index contributed by atoms with van der Waals surface area (Å²) in [4.78, 5) is 24.4. The Morgan fingerprint density at radius 2 is 1.96 bits per heavy atom. The largest absolute Gasteiger partial charge is 0.347 e. The maximum Gasteiger partial charge on any atom is 0.251 e. The molecule has 23 heavy (non-hydrogen) atoms. The molecule has 1 aromatic carbocycles. The van der Waals surface area contributed by atoms with E-state index in [1.165, 1.54) is 0 Å². The van der Waals surface area contributed by atoms with Gasteiger partial charge in [0, 0.05) is 16.8 Å². The van der Waals surface area contributed by atoms with E-state index in [9.17, 15) is 9.59 Å². The molecule has 1 atom stereocenters. The SMILES string of the molecule is CC(C)(C)NC(=O)c1cccc(NC(=O)C2CCCCN2)c1.Cl. The quantitative estimate of drug-likeness (QED) is 0.793. The van der Waals surface area contributed by atoms with E-state index in [2.05, 4.69) is 16.0 Å². The molecule has 0 aliphatic carbocycles. The summed E-state index contributed by atoms with van der Waals surface area (Å²) in [6, 6.07) is 6.90. The second-order valence-electron chi connectivity index (χ2n) is 6.78. The van der Waals surface area contributed by atoms with E-state index < -0.39 is 0 Å². The number of nitrogens with one attached hydrogen (secondary N) is 3. The highest BCUT2D eigenvalue weighted by Crippen LogP contribution is 2.14. The number of benzene rings is 1. The molecule has 0 spiro atoms. The maximum atomic E-state index is 12.2. The lowest BCUT2D eigenvalue weighted by Crippen LogP contribution is -2.43. The van der Waals surface area contributed by atoms with Gasteiger partial charge in [0.05, 0.1) is 6.04 Å². The molecule has 128 valence electrons. The molecule has 6 heteroatoms. The minimum atomic E-state index is -0.289. The normalized spacial score (nSPS) is 17.8. The lowest BCUT2D eigenvalue weighted by molar-refractivity contribution is -0.118. The number of amides is 2. The lowest BCUT2D eigenvalue weighted by Gasteiger charge is -2.23. The summed E-state index contributed by atoms with van der Waals surface area (Å²) in [5, 5.41) is 9.02. The molecule has 1 heterocycles. The fraction of sp³-hybridized carbons (Fsp3) is 0.529. The number of hydrogen-bond acceptors (Lipinski definition) is 3. The van der Waals surface area contributed by atoms with Gasteiger partial charge in [-0.15, -0.1) is 12.4 Å². The standard InChI is InChI=1S/C17H25N3O2.ClH/c1-17(2,3)20-15(21)12-7-6-8-13(11-12)19-16(22)14-9-4-5-10-18-14;/h6-8,11,14,18H,4-5,9-10H2,1-3H3,(H,19,22)(H,20,21);1H. The van der Waals surface area contributed by atoms with Crippen LogP contribution in [0.25, 0.3) is 0 Å². The summed E-state index contributed by atoms with van der Waals surface area (Å²) >= 11 is 0. The topological polar surface area (TPSA) is 70.2 Å². The molecule has 2 amide bonds. The predicted octanol–water partition coefficient (Wildman–Crippen LogP) is 2.72. The van der Waals surface area contributed by atoms with Crippen LogP contribution in [0.15, 0.2) is 24.3 Å². The Balaban J connectivity index is 0.00000264. The van der Waals surface area contributed by atoms with Crippen LogP contribution in [0, 0.1) is 0 Å². The van der Waals surface area contributed by atoms with Crippen molar-refractivity contribution in [1.29, 1.82) is 0 Å². The van der Waals surface area contributed by atoms with Gasteiger partial charge in [-0.2, -0.15) is 0 Å². The van der Waals surface area contributed by atoms with E-state index in [0.29, 0.717) is 11.3 Å². The number of anilines is 1. The summed E-state index contributed by atoms with van der Waals surface area (Å²) in [5.74, 6) is -0.174. The van der Waals surface area contributed by atoms with Gasteiger partial charge in [-0.05, 0) is 58.4 Å². The molecule has 0 bridgehead atoms. The Labute approximate surface area is 144 Å². The first-order valence-corrected chi connectivity index (χ1v) is 7.82. The number of carbonyl (C=O) groups is 2. The summed E-state index contributed by atoms with van der Waals surface area (Å²) < 4.78 is 0. The third kappa shape index (κ3) is 6.20. The number of piperidine rings is 1. The minimum Gasteiger partial charge on any atom is -0.347 e. The zero-order valence-electron chi connectivity index (χ0n) is 13.9. The van der Waals surface area contributed by atoms with Crippen LogP contribution in [0.5, 0.6) is 0 Å². The zero-order chi connectivity index (χ0) is 16.2. The zero-order valence-corrected chi connectivity index (χ0v) is 14.8. The van der Waals surface area contributed by atoms with Crippen molar-refractivity contribution in [1.82, 2.24) is 10.6 Å². The van der Waals surface area contributed by atoms with Gasteiger partial charge < -0.3 is 16.0 Å². The van der Waals surface area contributed by atoms with Gasteiger partial charge >= 0.3 is 0 Å². The van der Waals surface area contributed by atoms with Gasteiger partial charge in [0.1, 0.15) is 0 Å². The van der Waals surface area contributed by atoms with Crippen LogP contribution >= 0.6 is 12.4 Å². The molecule has 1 fully saturated rings. The molecule has 3 N–H and O–H groups in total. The Bertz CT molecular complexity index is 549. The van der Waals surface area contributed by atoms with Crippen molar-refractivity contribution < 1.29 is 9.59 Å². The van der Waals surface area contributed by atoms with E-state index in [0.717, 1.165) is 25.8 Å². The molecule has 5 nitrogen and oxygen atoms in total. The van der Waals surface area contributed by atoms with Gasteiger partial charge in [-0.25, -0.2) is 0 Å². The Hall–Kier alpha value is -1.59. The number of carbonyl (C=O) groups excluding carboxylic acids is 2. The van der Waals surface area contributed by atoms with Gasteiger partial charge in [0.25, 0.3) is 5.91 Å². The van der Waals surface area contributed by atoms with Gasteiger partial charge in [-0.3, -0.25) is 9.59 Å². The van der Waals surface area contributed by atoms with Crippen LogP contribution in [0.2, 0.25) is 0 Å². The van der Waals surface area contributed by atoms with Crippen molar-refractivity contribution in [3.05, 3.63) is 29.8 Å². The first-order chi connectivity index (χ1) is 10.3. The van der Waals surface area contributed by atoms with Crippen LogP contribution in [-0.4, -0.2) is 29.9 Å². The number of halogens is 1. The molecule has 1 aromatic rings. The minimum absolute atomic E-state index is 0. The number of hydrogen-bond donors (Lipinski definition) is 3. The molecule has 2 rings (SSSR count). The molecule has 0 saturated carbocycles. The van der Waals surface area contributed by atoms with Gasteiger partial charge in [-0.1, -0.05) is 12.5 Å². The third-order valence-electron chi connectivity index (χ3n) is 3.51. The average Bonchev–Trinajstić information content (AvgIpc) is 2.46. The maximum absolute atomic E-state index is 12.2. The smallest absolute Gasteiger partial charge is 0.251 e. The first kappa shape index (κ1) is 19.5. The van der Waals surface area contributed by atoms with E-state index >= 15 is 0 Å². The highest BCUT2D eigenvalue weighted by atomic mass is 35.5. The summed E-state index contributed by atoms with van der Waals surface area (Å²) in [7, 11) is 0. The second kappa shape index (κ2) is 8.31. The Kier molecular flexibility index (Phi) is 7.03. The fourth-order valence-electron chi connectivity index (χ4n) is 2.46. The highest BCUT2D eigenvalue weighted by molar-refractivity contribution is 5.98. The van der Waals surface area contributed by atoms with Gasteiger partial charge in [0.2, 0.25) is 5.91 Å². The van der Waals surface area contributed by atoms with E-state index in [1.54, 1.807) is 24.3 Å². The van der Waals surface area contributed by atoms with Gasteiger partial charge in [0.15, 0.2) is 0 Å². The molecule has 1 saturated heterocycles. The highest BCUT2D eigenvalue weighted by Gasteiger charge is 2.21. The van der Waals surface area contributed by atoms with E-state index in [4.69, 9.17) is 0 Å². The first-order valence-electron chi connectivity index (χ1n) is 7.82. The van der Waals surface area contributed by atoms with Crippen LogP contribution in [0.3, 0.4) is 0 Å². The second-order valence-corrected chi connectivity index (χ2v) is 6.78. The van der Waals surface area contributed by atoms with Crippen LogP contribution in [0.4, 0.5) is 5.69 Å². The van der Waals surface area contributed by atoms with E-state index in [-0.39, 0.29) is 35.8 Å². The molecule has 0 radical (unpaired) electrons. The van der Waals surface area contributed by atoms with Crippen molar-refractivity contribution in [2.24, 2.45) is 0 Å². The fourth-order valence-corrected chi connectivity index (χ4v) is 2.46. The molecule has 1 aliphatic rings. The summed E-state index contributed by atoms with van der Waals surface area (Å²) in [6.07, 6.45) is 3.04. The number of rotatable bonds is 3.